The second-order valence-electron chi connectivity index (χ2n) is 1.76. The van der Waals surface area contributed by atoms with Crippen molar-refractivity contribution < 1.29 is 13.1 Å². The minimum absolute atomic E-state index is 0. The van der Waals surface area contributed by atoms with E-state index in [0.29, 0.717) is 5.75 Å². The second-order valence-corrected chi connectivity index (χ2v) is 2.88. The van der Waals surface area contributed by atoms with Crippen molar-refractivity contribution in [2.24, 2.45) is 0 Å². The summed E-state index contributed by atoms with van der Waals surface area (Å²) in [5.74, 6) is 0.364. The quantitative estimate of drug-likeness (QED) is 0.485. The van der Waals surface area contributed by atoms with Crippen molar-refractivity contribution in [3.05, 3.63) is 0 Å². The Morgan fingerprint density at radius 2 is 1.78 bits per heavy atom. The number of unbranched alkanes of at least 4 members (excludes halogenated alkanes) is 2. The average Bonchev–Trinajstić information content (AvgIpc) is 1.66. The first-order chi connectivity index (χ1) is 3.77. The molecule has 0 saturated heterocycles. The zero-order chi connectivity index (χ0) is 6.41. The Balaban J connectivity index is 0. The average molecular weight is 156 g/mol. The number of hydrogen-bond donors (Lipinski definition) is 1. The van der Waals surface area contributed by atoms with Crippen LogP contribution in [0.1, 0.15) is 26.2 Å². The first-order valence-electron chi connectivity index (χ1n) is 2.89. The van der Waals surface area contributed by atoms with Crippen molar-refractivity contribution in [1.29, 1.82) is 0 Å². The lowest BCUT2D eigenvalue weighted by Crippen LogP contribution is -1.85. The normalized spacial score (nSPS) is 9.11. The lowest BCUT2D eigenvalue weighted by atomic mass is 10.3. The molecule has 0 unspecified atom stereocenters. The van der Waals surface area contributed by atoms with Crippen molar-refractivity contribution >= 4 is 10.7 Å². The lowest BCUT2D eigenvalue weighted by Gasteiger charge is -1.86. The molecule has 0 aliphatic rings. The summed E-state index contributed by atoms with van der Waals surface area (Å²) in [5, 5.41) is 0. The van der Waals surface area contributed by atoms with Crippen LogP contribution in [0.15, 0.2) is 0 Å². The highest BCUT2D eigenvalue weighted by atomic mass is 32.2. The smallest absolute Gasteiger partial charge is 0.140 e. The molecule has 0 amide bonds. The SMILES string of the molecule is CCCCC[SH](=O)=O.F. The van der Waals surface area contributed by atoms with Gasteiger partial charge in [-0.05, 0) is 6.42 Å². The van der Waals surface area contributed by atoms with Gasteiger partial charge >= 0.3 is 0 Å². The highest BCUT2D eigenvalue weighted by molar-refractivity contribution is 7.72. The summed E-state index contributed by atoms with van der Waals surface area (Å²) in [5.41, 5.74) is 0. The Hall–Kier alpha value is -0.120. The third-order valence-corrected chi connectivity index (χ3v) is 1.63. The van der Waals surface area contributed by atoms with Gasteiger partial charge in [-0.2, -0.15) is 0 Å². The molecule has 0 radical (unpaired) electrons. The van der Waals surface area contributed by atoms with Crippen LogP contribution in [-0.4, -0.2) is 14.2 Å². The number of halogens is 1. The van der Waals surface area contributed by atoms with Gasteiger partial charge in [0.25, 0.3) is 0 Å². The van der Waals surface area contributed by atoms with Gasteiger partial charge in [0.15, 0.2) is 0 Å². The van der Waals surface area contributed by atoms with E-state index in [1.165, 1.54) is 0 Å². The third kappa shape index (κ3) is 11.4. The molecule has 0 heterocycles. The van der Waals surface area contributed by atoms with E-state index in [1.54, 1.807) is 0 Å². The van der Waals surface area contributed by atoms with Gasteiger partial charge in [-0.15, -0.1) is 0 Å². The minimum atomic E-state index is -2.11. The topological polar surface area (TPSA) is 34.1 Å². The summed E-state index contributed by atoms with van der Waals surface area (Å²) in [6, 6.07) is 0. The predicted molar refractivity (Wildman–Crippen MR) is 37.2 cm³/mol. The highest BCUT2D eigenvalue weighted by Gasteiger charge is 1.85. The van der Waals surface area contributed by atoms with E-state index in [0.717, 1.165) is 19.3 Å². The van der Waals surface area contributed by atoms with E-state index in [4.69, 9.17) is 0 Å². The summed E-state index contributed by atoms with van der Waals surface area (Å²) in [7, 11) is -2.11. The molecular formula is C5H13FO2S. The summed E-state index contributed by atoms with van der Waals surface area (Å²) in [4.78, 5) is 0. The zero-order valence-electron chi connectivity index (χ0n) is 5.50. The van der Waals surface area contributed by atoms with Crippen LogP contribution in [-0.2, 0) is 10.7 Å². The largest absolute Gasteiger partial charge is 0.269 e. The first-order valence-corrected chi connectivity index (χ1v) is 4.25. The molecular weight excluding hydrogens is 143 g/mol. The number of hydrogen-bond acceptors (Lipinski definition) is 2. The molecule has 0 saturated carbocycles. The maximum absolute atomic E-state index is 9.91. The molecule has 58 valence electrons. The maximum Gasteiger partial charge on any atom is 0.140 e. The van der Waals surface area contributed by atoms with Crippen LogP contribution >= 0.6 is 0 Å². The molecule has 0 rings (SSSR count). The van der Waals surface area contributed by atoms with Gasteiger partial charge in [0.05, 0.1) is 0 Å². The van der Waals surface area contributed by atoms with Crippen LogP contribution in [0, 0.1) is 0 Å². The van der Waals surface area contributed by atoms with Crippen molar-refractivity contribution in [2.75, 3.05) is 5.75 Å². The van der Waals surface area contributed by atoms with E-state index in [1.807, 2.05) is 0 Å². The van der Waals surface area contributed by atoms with Gasteiger partial charge in [-0.3, -0.25) is 4.70 Å². The fourth-order valence-corrected chi connectivity index (χ4v) is 0.973. The molecule has 0 aliphatic heterocycles. The molecule has 0 spiro atoms. The fourth-order valence-electron chi connectivity index (χ4n) is 0.491. The van der Waals surface area contributed by atoms with Gasteiger partial charge in [-0.1, -0.05) is 19.8 Å². The third-order valence-electron chi connectivity index (χ3n) is 0.944. The molecule has 9 heavy (non-hydrogen) atoms. The molecule has 0 aliphatic carbocycles. The summed E-state index contributed by atoms with van der Waals surface area (Å²) < 4.78 is 19.8. The zero-order valence-corrected chi connectivity index (χ0v) is 6.39. The van der Waals surface area contributed by atoms with Crippen LogP contribution in [0.5, 0.6) is 0 Å². The van der Waals surface area contributed by atoms with Crippen LogP contribution in [0.3, 0.4) is 0 Å². The minimum Gasteiger partial charge on any atom is -0.269 e. The molecule has 0 atom stereocenters. The standard InChI is InChI=1S/C5H12O2S.FH/c1-2-3-4-5-8(6)7;/h8H,2-5H2,1H3;1H. The van der Waals surface area contributed by atoms with Crippen molar-refractivity contribution in [3.63, 3.8) is 0 Å². The number of thiol groups is 1. The van der Waals surface area contributed by atoms with E-state index in [-0.39, 0.29) is 4.70 Å². The van der Waals surface area contributed by atoms with Gasteiger partial charge in [-0.25, -0.2) is 8.42 Å². The fraction of sp³-hybridized carbons (Fsp3) is 1.00. The first kappa shape index (κ1) is 11.6. The molecule has 0 bridgehead atoms. The highest BCUT2D eigenvalue weighted by Crippen LogP contribution is 1.91. The van der Waals surface area contributed by atoms with Crippen LogP contribution in [0.2, 0.25) is 0 Å². The Morgan fingerprint density at radius 1 is 1.22 bits per heavy atom. The summed E-state index contributed by atoms with van der Waals surface area (Å²) >= 11 is 0. The van der Waals surface area contributed by atoms with Gasteiger partial charge in [0, 0.05) is 5.75 Å². The Labute approximate surface area is 56.6 Å². The summed E-state index contributed by atoms with van der Waals surface area (Å²) in [6.45, 7) is 2.05. The van der Waals surface area contributed by atoms with Gasteiger partial charge < -0.3 is 0 Å². The summed E-state index contributed by atoms with van der Waals surface area (Å²) in [6.07, 6.45) is 2.95. The molecule has 0 N–H and O–H groups in total. The van der Waals surface area contributed by atoms with E-state index in [9.17, 15) is 8.42 Å². The Bertz CT molecular complexity index is 104. The van der Waals surface area contributed by atoms with E-state index in [2.05, 4.69) is 6.92 Å². The van der Waals surface area contributed by atoms with Gasteiger partial charge in [0.1, 0.15) is 10.7 Å². The molecule has 0 fully saturated rings. The second kappa shape index (κ2) is 7.88. The predicted octanol–water partition coefficient (Wildman–Crippen LogP) is 0.940. The lowest BCUT2D eigenvalue weighted by molar-refractivity contribution is 0.609. The van der Waals surface area contributed by atoms with Crippen molar-refractivity contribution in [1.82, 2.24) is 0 Å². The van der Waals surface area contributed by atoms with Crippen molar-refractivity contribution in [3.8, 4) is 0 Å². The monoisotopic (exact) mass is 156 g/mol. The Kier molecular flexibility index (Phi) is 10.2. The Morgan fingerprint density at radius 3 is 2.11 bits per heavy atom. The van der Waals surface area contributed by atoms with Crippen LogP contribution < -0.4 is 0 Å². The maximum atomic E-state index is 9.91. The van der Waals surface area contributed by atoms with Gasteiger partial charge in [0.2, 0.25) is 0 Å². The molecule has 0 aromatic heterocycles. The number of rotatable bonds is 4. The molecule has 2 nitrogen and oxygen atoms in total. The molecule has 0 aromatic rings. The van der Waals surface area contributed by atoms with E-state index < -0.39 is 10.7 Å². The van der Waals surface area contributed by atoms with Crippen molar-refractivity contribution in [2.45, 2.75) is 26.2 Å². The molecule has 0 aromatic carbocycles. The van der Waals surface area contributed by atoms with Crippen LogP contribution in [0.25, 0.3) is 0 Å². The van der Waals surface area contributed by atoms with Crippen LogP contribution in [0.4, 0.5) is 4.70 Å². The van der Waals surface area contributed by atoms with E-state index >= 15 is 0 Å². The molecule has 4 heteroatoms.